The Morgan fingerprint density at radius 2 is 2.47 bits per heavy atom. The zero-order valence-corrected chi connectivity index (χ0v) is 8.88. The summed E-state index contributed by atoms with van der Waals surface area (Å²) in [5, 5.41) is 0. The van der Waals surface area contributed by atoms with Crippen molar-refractivity contribution in [3.8, 4) is 0 Å². The minimum Gasteiger partial charge on any atom is -0.345 e. The van der Waals surface area contributed by atoms with Crippen LogP contribution in [0.15, 0.2) is 18.7 Å². The van der Waals surface area contributed by atoms with E-state index in [1.807, 2.05) is 17.4 Å². The molecule has 2 rings (SSSR count). The Balaban J connectivity index is 1.77. The second kappa shape index (κ2) is 4.96. The number of amides is 1. The highest BCUT2D eigenvalue weighted by Crippen LogP contribution is 2.19. The van der Waals surface area contributed by atoms with Crippen molar-refractivity contribution in [2.24, 2.45) is 5.92 Å². The smallest absolute Gasteiger partial charge is 0.209 e. The molecule has 1 aromatic heterocycles. The molecule has 0 N–H and O–H groups in total. The van der Waals surface area contributed by atoms with Gasteiger partial charge in [-0.25, -0.2) is 4.98 Å². The molecular weight excluding hydrogens is 190 g/mol. The van der Waals surface area contributed by atoms with Crippen LogP contribution in [0.4, 0.5) is 0 Å². The number of carbonyl (C=O) groups excluding carboxylic acids is 1. The number of hydrogen-bond donors (Lipinski definition) is 0. The van der Waals surface area contributed by atoms with Gasteiger partial charge >= 0.3 is 0 Å². The molecule has 4 nitrogen and oxygen atoms in total. The van der Waals surface area contributed by atoms with Crippen molar-refractivity contribution in [1.82, 2.24) is 14.5 Å². The van der Waals surface area contributed by atoms with Crippen LogP contribution >= 0.6 is 0 Å². The average molecular weight is 207 g/mol. The number of imidazole rings is 1. The molecule has 0 saturated carbocycles. The van der Waals surface area contributed by atoms with Gasteiger partial charge in [0.25, 0.3) is 0 Å². The minimum absolute atomic E-state index is 0.659. The number of piperidine rings is 1. The van der Waals surface area contributed by atoms with E-state index in [1.165, 1.54) is 6.42 Å². The van der Waals surface area contributed by atoms with Gasteiger partial charge < -0.3 is 9.47 Å². The van der Waals surface area contributed by atoms with Gasteiger partial charge in [0.05, 0.1) is 6.33 Å². The van der Waals surface area contributed by atoms with Crippen LogP contribution in [0.2, 0.25) is 0 Å². The summed E-state index contributed by atoms with van der Waals surface area (Å²) in [6.45, 7) is 2.88. The van der Waals surface area contributed by atoms with Gasteiger partial charge in [0.1, 0.15) is 0 Å². The lowest BCUT2D eigenvalue weighted by Crippen LogP contribution is -2.34. The number of carbonyl (C=O) groups is 1. The van der Waals surface area contributed by atoms with E-state index in [2.05, 4.69) is 9.55 Å². The van der Waals surface area contributed by atoms with Gasteiger partial charge in [-0.2, -0.15) is 0 Å². The van der Waals surface area contributed by atoms with E-state index in [0.717, 1.165) is 38.9 Å². The van der Waals surface area contributed by atoms with Crippen LogP contribution in [0.5, 0.6) is 0 Å². The van der Waals surface area contributed by atoms with Crippen molar-refractivity contribution in [2.45, 2.75) is 25.8 Å². The lowest BCUT2D eigenvalue weighted by atomic mass is 9.95. The standard InChI is InChI=1S/C11H17N3O/c15-10-14-5-1-2-11(8-14)3-6-13-7-4-12-9-13/h4,7,9-11H,1-3,5-6,8H2. The van der Waals surface area contributed by atoms with Gasteiger partial charge in [-0.05, 0) is 25.2 Å². The summed E-state index contributed by atoms with van der Waals surface area (Å²) in [7, 11) is 0. The van der Waals surface area contributed by atoms with Gasteiger partial charge in [0, 0.05) is 32.0 Å². The van der Waals surface area contributed by atoms with Gasteiger partial charge in [-0.15, -0.1) is 0 Å². The maximum absolute atomic E-state index is 10.6. The van der Waals surface area contributed by atoms with Crippen LogP contribution in [-0.2, 0) is 11.3 Å². The molecule has 2 heterocycles. The lowest BCUT2D eigenvalue weighted by Gasteiger charge is -2.29. The highest BCUT2D eigenvalue weighted by Gasteiger charge is 2.18. The largest absolute Gasteiger partial charge is 0.345 e. The third-order valence-electron chi connectivity index (χ3n) is 3.05. The van der Waals surface area contributed by atoms with E-state index >= 15 is 0 Å². The molecule has 1 amide bonds. The summed E-state index contributed by atoms with van der Waals surface area (Å²) in [4.78, 5) is 16.6. The lowest BCUT2D eigenvalue weighted by molar-refractivity contribution is -0.119. The number of nitrogens with zero attached hydrogens (tertiary/aromatic N) is 3. The Kier molecular flexibility index (Phi) is 3.37. The third-order valence-corrected chi connectivity index (χ3v) is 3.05. The van der Waals surface area contributed by atoms with E-state index in [0.29, 0.717) is 5.92 Å². The molecule has 0 aromatic carbocycles. The Morgan fingerprint density at radius 1 is 1.53 bits per heavy atom. The second-order valence-electron chi connectivity index (χ2n) is 4.20. The Bertz CT molecular complexity index is 297. The molecule has 82 valence electrons. The monoisotopic (exact) mass is 207 g/mol. The average Bonchev–Trinajstić information content (AvgIpc) is 2.79. The van der Waals surface area contributed by atoms with Crippen LogP contribution < -0.4 is 0 Å². The summed E-state index contributed by atoms with van der Waals surface area (Å²) < 4.78 is 2.10. The van der Waals surface area contributed by atoms with Crippen LogP contribution in [0.1, 0.15) is 19.3 Å². The summed E-state index contributed by atoms with van der Waals surface area (Å²) in [5.74, 6) is 0.659. The molecule has 15 heavy (non-hydrogen) atoms. The number of rotatable bonds is 4. The fourth-order valence-corrected chi connectivity index (χ4v) is 2.18. The Morgan fingerprint density at radius 3 is 3.20 bits per heavy atom. The number of likely N-dealkylation sites (tertiary alicyclic amines) is 1. The molecule has 1 atom stereocenters. The molecule has 0 bridgehead atoms. The van der Waals surface area contributed by atoms with E-state index in [9.17, 15) is 4.79 Å². The van der Waals surface area contributed by atoms with Gasteiger partial charge in [-0.3, -0.25) is 4.79 Å². The first-order valence-corrected chi connectivity index (χ1v) is 5.53. The number of hydrogen-bond acceptors (Lipinski definition) is 2. The molecular formula is C11H17N3O. The summed E-state index contributed by atoms with van der Waals surface area (Å²) in [5.41, 5.74) is 0. The van der Waals surface area contributed by atoms with E-state index in [1.54, 1.807) is 6.20 Å². The highest BCUT2D eigenvalue weighted by molar-refractivity contribution is 5.47. The topological polar surface area (TPSA) is 38.1 Å². The maximum atomic E-state index is 10.6. The van der Waals surface area contributed by atoms with Crippen LogP contribution in [0.25, 0.3) is 0 Å². The fraction of sp³-hybridized carbons (Fsp3) is 0.636. The Hall–Kier alpha value is -1.32. The molecule has 1 aromatic rings. The predicted molar refractivity (Wildman–Crippen MR) is 57.2 cm³/mol. The van der Waals surface area contributed by atoms with Crippen molar-refractivity contribution in [3.63, 3.8) is 0 Å². The summed E-state index contributed by atoms with van der Waals surface area (Å²) in [6, 6.07) is 0. The first-order valence-electron chi connectivity index (χ1n) is 5.53. The summed E-state index contributed by atoms with van der Waals surface area (Å²) in [6.07, 6.45) is 10.1. The first-order chi connectivity index (χ1) is 7.38. The van der Waals surface area contributed by atoms with Crippen LogP contribution in [0, 0.1) is 5.92 Å². The minimum atomic E-state index is 0.659. The zero-order valence-electron chi connectivity index (χ0n) is 8.88. The number of aryl methyl sites for hydroxylation is 1. The fourth-order valence-electron chi connectivity index (χ4n) is 2.18. The SMILES string of the molecule is O=CN1CCCC(CCn2ccnc2)C1. The van der Waals surface area contributed by atoms with Crippen molar-refractivity contribution >= 4 is 6.41 Å². The van der Waals surface area contributed by atoms with E-state index in [-0.39, 0.29) is 0 Å². The Labute approximate surface area is 89.9 Å². The summed E-state index contributed by atoms with van der Waals surface area (Å²) >= 11 is 0. The normalized spacial score (nSPS) is 21.6. The quantitative estimate of drug-likeness (QED) is 0.694. The highest BCUT2D eigenvalue weighted by atomic mass is 16.1. The van der Waals surface area contributed by atoms with E-state index in [4.69, 9.17) is 0 Å². The third kappa shape index (κ3) is 2.81. The first kappa shape index (κ1) is 10.2. The van der Waals surface area contributed by atoms with Gasteiger partial charge in [0.2, 0.25) is 6.41 Å². The zero-order chi connectivity index (χ0) is 10.5. The maximum Gasteiger partial charge on any atom is 0.209 e. The van der Waals surface area contributed by atoms with Crippen LogP contribution in [0.3, 0.4) is 0 Å². The van der Waals surface area contributed by atoms with Crippen LogP contribution in [-0.4, -0.2) is 34.0 Å². The van der Waals surface area contributed by atoms with Crippen molar-refractivity contribution < 1.29 is 4.79 Å². The molecule has 0 spiro atoms. The second-order valence-corrected chi connectivity index (χ2v) is 4.20. The molecule has 1 saturated heterocycles. The predicted octanol–water partition coefficient (Wildman–Crippen LogP) is 1.14. The van der Waals surface area contributed by atoms with Crippen molar-refractivity contribution in [1.29, 1.82) is 0 Å². The molecule has 1 fully saturated rings. The van der Waals surface area contributed by atoms with Crippen molar-refractivity contribution in [2.75, 3.05) is 13.1 Å². The van der Waals surface area contributed by atoms with E-state index < -0.39 is 0 Å². The molecule has 4 heteroatoms. The van der Waals surface area contributed by atoms with Gasteiger partial charge in [0.15, 0.2) is 0 Å². The molecule has 1 aliphatic heterocycles. The van der Waals surface area contributed by atoms with Crippen molar-refractivity contribution in [3.05, 3.63) is 18.7 Å². The van der Waals surface area contributed by atoms with Gasteiger partial charge in [-0.1, -0.05) is 0 Å². The molecule has 1 aliphatic rings. The number of aromatic nitrogens is 2. The molecule has 1 unspecified atom stereocenters. The molecule has 0 radical (unpaired) electrons. The molecule has 0 aliphatic carbocycles.